The van der Waals surface area contributed by atoms with Crippen molar-refractivity contribution in [1.82, 2.24) is 10.2 Å². The molecule has 0 aliphatic heterocycles. The Morgan fingerprint density at radius 3 is 2.03 bits per heavy atom. The van der Waals surface area contributed by atoms with Gasteiger partial charge in [-0.1, -0.05) is 0 Å². The third-order valence-electron chi connectivity index (χ3n) is 5.22. The molecule has 2 aromatic carbocycles. The van der Waals surface area contributed by atoms with Crippen molar-refractivity contribution in [3.8, 4) is 17.2 Å². The van der Waals surface area contributed by atoms with E-state index in [1.54, 1.807) is 49.6 Å². The highest BCUT2D eigenvalue weighted by atomic mass is 16.5. The summed E-state index contributed by atoms with van der Waals surface area (Å²) in [6.07, 6.45) is 2.05. The van der Waals surface area contributed by atoms with Gasteiger partial charge in [0.15, 0.2) is 0 Å². The molecule has 0 heterocycles. The fraction of sp³-hybridized carbons (Fsp3) is 0.375. The van der Waals surface area contributed by atoms with E-state index in [-0.39, 0.29) is 24.9 Å². The number of amides is 3. The van der Waals surface area contributed by atoms with Crippen LogP contribution < -0.4 is 24.8 Å². The third-order valence-corrected chi connectivity index (χ3v) is 5.22. The van der Waals surface area contributed by atoms with Crippen LogP contribution in [0.5, 0.6) is 17.2 Å². The highest BCUT2D eigenvalue weighted by Crippen LogP contribution is 2.31. The molecule has 1 aliphatic carbocycles. The number of benzene rings is 2. The van der Waals surface area contributed by atoms with Crippen molar-refractivity contribution in [2.75, 3.05) is 46.3 Å². The van der Waals surface area contributed by atoms with Gasteiger partial charge in [0.05, 0.1) is 34.4 Å². The molecule has 176 valence electrons. The van der Waals surface area contributed by atoms with E-state index in [4.69, 9.17) is 14.2 Å². The molecule has 1 aliphatic rings. The number of ether oxygens (including phenoxy) is 3. The van der Waals surface area contributed by atoms with Gasteiger partial charge in [0, 0.05) is 23.9 Å². The second kappa shape index (κ2) is 11.2. The Bertz CT molecular complexity index is 966. The molecule has 0 radical (unpaired) electrons. The van der Waals surface area contributed by atoms with E-state index in [9.17, 15) is 14.4 Å². The average Bonchev–Trinajstić information content (AvgIpc) is 3.66. The van der Waals surface area contributed by atoms with Crippen LogP contribution in [0, 0.1) is 5.92 Å². The van der Waals surface area contributed by atoms with Crippen molar-refractivity contribution in [2.24, 2.45) is 5.92 Å². The molecule has 1 saturated carbocycles. The Morgan fingerprint density at radius 2 is 1.48 bits per heavy atom. The molecule has 3 rings (SSSR count). The van der Waals surface area contributed by atoms with E-state index in [2.05, 4.69) is 10.6 Å². The van der Waals surface area contributed by atoms with E-state index in [0.29, 0.717) is 41.0 Å². The molecular formula is C24H29N3O6. The van der Waals surface area contributed by atoms with Crippen molar-refractivity contribution in [2.45, 2.75) is 12.8 Å². The summed E-state index contributed by atoms with van der Waals surface area (Å²) in [5, 5.41) is 5.28. The number of nitrogens with zero attached hydrogens (tertiary/aromatic N) is 1. The molecule has 0 saturated heterocycles. The molecule has 9 nitrogen and oxygen atoms in total. The van der Waals surface area contributed by atoms with Gasteiger partial charge >= 0.3 is 0 Å². The highest BCUT2D eigenvalue weighted by molar-refractivity contribution is 5.98. The van der Waals surface area contributed by atoms with Gasteiger partial charge in [-0.25, -0.2) is 0 Å². The standard InChI is InChI=1S/C24H29N3O6/c1-31-19-8-6-18(7-9-19)26-22(28)13-25-23(29)15-27(14-16-4-5-16)24(30)17-10-20(32-2)12-21(11-17)33-3/h6-12,16H,4-5,13-15H2,1-3H3,(H,25,29)(H,26,28). The zero-order valence-electron chi connectivity index (χ0n) is 19.1. The monoisotopic (exact) mass is 455 g/mol. The van der Waals surface area contributed by atoms with Gasteiger partial charge in [0.2, 0.25) is 11.8 Å². The maximum Gasteiger partial charge on any atom is 0.254 e. The molecule has 0 unspecified atom stereocenters. The fourth-order valence-electron chi connectivity index (χ4n) is 3.23. The van der Waals surface area contributed by atoms with Crippen molar-refractivity contribution in [3.63, 3.8) is 0 Å². The number of methoxy groups -OCH3 is 3. The highest BCUT2D eigenvalue weighted by Gasteiger charge is 2.29. The summed E-state index contributed by atoms with van der Waals surface area (Å²) in [6.45, 7) is 0.123. The summed E-state index contributed by atoms with van der Waals surface area (Å²) >= 11 is 0. The number of hydrogen-bond donors (Lipinski definition) is 2. The first kappa shape index (κ1) is 23.9. The Labute approximate surface area is 193 Å². The number of rotatable bonds is 11. The van der Waals surface area contributed by atoms with Crippen LogP contribution in [0.15, 0.2) is 42.5 Å². The lowest BCUT2D eigenvalue weighted by Gasteiger charge is -2.22. The molecule has 1 fully saturated rings. The quantitative estimate of drug-likeness (QED) is 0.539. The predicted molar refractivity (Wildman–Crippen MR) is 123 cm³/mol. The Balaban J connectivity index is 1.58. The first-order valence-electron chi connectivity index (χ1n) is 10.6. The molecule has 0 aromatic heterocycles. The minimum Gasteiger partial charge on any atom is -0.497 e. The molecule has 0 spiro atoms. The van der Waals surface area contributed by atoms with E-state index >= 15 is 0 Å². The van der Waals surface area contributed by atoms with E-state index < -0.39 is 5.91 Å². The fourth-order valence-corrected chi connectivity index (χ4v) is 3.23. The summed E-state index contributed by atoms with van der Waals surface area (Å²) in [7, 11) is 4.58. The van der Waals surface area contributed by atoms with Gasteiger partial charge < -0.3 is 29.7 Å². The molecule has 0 atom stereocenters. The summed E-state index contributed by atoms with van der Waals surface area (Å²) in [6, 6.07) is 11.8. The molecule has 0 bridgehead atoms. The predicted octanol–water partition coefficient (Wildman–Crippen LogP) is 2.32. The number of hydrogen-bond acceptors (Lipinski definition) is 6. The molecule has 3 amide bonds. The summed E-state index contributed by atoms with van der Waals surface area (Å²) in [5.74, 6) is 0.960. The third kappa shape index (κ3) is 7.13. The van der Waals surface area contributed by atoms with Crippen molar-refractivity contribution in [1.29, 1.82) is 0 Å². The maximum absolute atomic E-state index is 13.2. The van der Waals surface area contributed by atoms with Gasteiger partial charge in [-0.15, -0.1) is 0 Å². The minimum atomic E-state index is -0.413. The number of nitrogens with one attached hydrogen (secondary N) is 2. The molecular weight excluding hydrogens is 426 g/mol. The first-order chi connectivity index (χ1) is 15.9. The Hall–Kier alpha value is -3.75. The van der Waals surface area contributed by atoms with Gasteiger partial charge in [-0.05, 0) is 55.2 Å². The first-order valence-corrected chi connectivity index (χ1v) is 10.6. The Morgan fingerprint density at radius 1 is 0.879 bits per heavy atom. The van der Waals surface area contributed by atoms with Crippen LogP contribution >= 0.6 is 0 Å². The number of anilines is 1. The number of carbonyl (C=O) groups excluding carboxylic acids is 3. The average molecular weight is 456 g/mol. The largest absolute Gasteiger partial charge is 0.497 e. The normalized spacial score (nSPS) is 12.5. The second-order valence-corrected chi connectivity index (χ2v) is 7.78. The van der Waals surface area contributed by atoms with Gasteiger partial charge in [-0.2, -0.15) is 0 Å². The van der Waals surface area contributed by atoms with Crippen molar-refractivity contribution < 1.29 is 28.6 Å². The topological polar surface area (TPSA) is 106 Å². The minimum absolute atomic E-state index is 0.148. The zero-order chi connectivity index (χ0) is 23.8. The van der Waals surface area contributed by atoms with E-state index in [1.807, 2.05) is 0 Å². The van der Waals surface area contributed by atoms with Crippen LogP contribution in [0.25, 0.3) is 0 Å². The maximum atomic E-state index is 13.2. The Kier molecular flexibility index (Phi) is 8.12. The smallest absolute Gasteiger partial charge is 0.254 e. The van der Waals surface area contributed by atoms with Crippen molar-refractivity contribution in [3.05, 3.63) is 48.0 Å². The van der Waals surface area contributed by atoms with Gasteiger partial charge in [0.1, 0.15) is 17.2 Å². The van der Waals surface area contributed by atoms with Crippen LogP contribution in [0.4, 0.5) is 5.69 Å². The van der Waals surface area contributed by atoms with Crippen LogP contribution in [0.2, 0.25) is 0 Å². The lowest BCUT2D eigenvalue weighted by atomic mass is 10.1. The van der Waals surface area contributed by atoms with E-state index in [1.165, 1.54) is 19.1 Å². The van der Waals surface area contributed by atoms with Gasteiger partial charge in [0.25, 0.3) is 5.91 Å². The zero-order valence-corrected chi connectivity index (χ0v) is 19.1. The summed E-state index contributed by atoms with van der Waals surface area (Å²) < 4.78 is 15.6. The molecule has 33 heavy (non-hydrogen) atoms. The summed E-state index contributed by atoms with van der Waals surface area (Å²) in [5.41, 5.74) is 0.962. The molecule has 9 heteroatoms. The van der Waals surface area contributed by atoms with Gasteiger partial charge in [-0.3, -0.25) is 14.4 Å². The van der Waals surface area contributed by atoms with Crippen LogP contribution in [0.3, 0.4) is 0 Å². The van der Waals surface area contributed by atoms with E-state index in [0.717, 1.165) is 12.8 Å². The van der Waals surface area contributed by atoms with Crippen LogP contribution in [0.1, 0.15) is 23.2 Å². The lowest BCUT2D eigenvalue weighted by molar-refractivity contribution is -0.124. The SMILES string of the molecule is COc1ccc(NC(=O)CNC(=O)CN(CC2CC2)C(=O)c2cc(OC)cc(OC)c2)cc1. The van der Waals surface area contributed by atoms with Crippen LogP contribution in [-0.2, 0) is 9.59 Å². The van der Waals surface area contributed by atoms with Crippen LogP contribution in [-0.4, -0.2) is 63.6 Å². The number of carbonyl (C=O) groups is 3. The lowest BCUT2D eigenvalue weighted by Crippen LogP contribution is -2.43. The second-order valence-electron chi connectivity index (χ2n) is 7.78. The summed E-state index contributed by atoms with van der Waals surface area (Å²) in [4.78, 5) is 39.4. The van der Waals surface area contributed by atoms with Crippen molar-refractivity contribution >= 4 is 23.4 Å². The molecule has 2 aromatic rings. The molecule has 2 N–H and O–H groups in total.